The summed E-state index contributed by atoms with van der Waals surface area (Å²) in [5, 5.41) is 4.50. The van der Waals surface area contributed by atoms with E-state index in [0.717, 1.165) is 33.8 Å². The molecule has 0 saturated carbocycles. The molecule has 0 aliphatic rings. The van der Waals surface area contributed by atoms with Crippen LogP contribution in [-0.4, -0.2) is 36.7 Å². The standard InChI is InChI=1S/C24H27N5O2/c1-17-20(18(2)28(4)26-17)14-29(24(30)16-31-19-10-6-5-7-11-19)15-23-25-21-12-8-9-13-22(21)27(23)3/h5-13H,14-16H2,1-4H3. The average Bonchev–Trinajstić information content (AvgIpc) is 3.22. The quantitative estimate of drug-likeness (QED) is 0.461. The number of hydrogen-bond acceptors (Lipinski definition) is 4. The van der Waals surface area contributed by atoms with Gasteiger partial charge in [-0.1, -0.05) is 30.3 Å². The first-order valence-electron chi connectivity index (χ1n) is 10.3. The first-order chi connectivity index (χ1) is 14.9. The highest BCUT2D eigenvalue weighted by molar-refractivity contribution is 5.78. The average molecular weight is 418 g/mol. The van der Waals surface area contributed by atoms with Crippen LogP contribution in [0.4, 0.5) is 0 Å². The SMILES string of the molecule is Cc1nn(C)c(C)c1CN(Cc1nc2ccccc2n1C)C(=O)COc1ccccc1. The zero-order valence-electron chi connectivity index (χ0n) is 18.4. The lowest BCUT2D eigenvalue weighted by atomic mass is 10.2. The summed E-state index contributed by atoms with van der Waals surface area (Å²) < 4.78 is 9.63. The minimum absolute atomic E-state index is 0.0354. The lowest BCUT2D eigenvalue weighted by Crippen LogP contribution is -2.35. The van der Waals surface area contributed by atoms with E-state index >= 15 is 0 Å². The van der Waals surface area contributed by atoms with Crippen molar-refractivity contribution in [2.75, 3.05) is 6.61 Å². The molecule has 0 bridgehead atoms. The highest BCUT2D eigenvalue weighted by Crippen LogP contribution is 2.20. The molecule has 0 radical (unpaired) electrons. The first-order valence-corrected chi connectivity index (χ1v) is 10.3. The monoisotopic (exact) mass is 417 g/mol. The zero-order valence-corrected chi connectivity index (χ0v) is 18.4. The van der Waals surface area contributed by atoms with Crippen molar-refractivity contribution < 1.29 is 9.53 Å². The molecule has 0 aliphatic carbocycles. The summed E-state index contributed by atoms with van der Waals surface area (Å²) in [6.45, 7) is 4.79. The third-order valence-corrected chi connectivity index (χ3v) is 5.68. The van der Waals surface area contributed by atoms with Gasteiger partial charge >= 0.3 is 0 Å². The van der Waals surface area contributed by atoms with Crippen LogP contribution in [0, 0.1) is 13.8 Å². The fourth-order valence-corrected chi connectivity index (χ4v) is 3.73. The number of benzene rings is 2. The number of aromatic nitrogens is 4. The Morgan fingerprint density at radius 3 is 2.39 bits per heavy atom. The molecule has 4 rings (SSSR count). The largest absolute Gasteiger partial charge is 0.484 e. The Bertz CT molecular complexity index is 1210. The van der Waals surface area contributed by atoms with Gasteiger partial charge in [-0.2, -0.15) is 5.10 Å². The van der Waals surface area contributed by atoms with E-state index in [-0.39, 0.29) is 12.5 Å². The highest BCUT2D eigenvalue weighted by Gasteiger charge is 2.22. The van der Waals surface area contributed by atoms with E-state index < -0.39 is 0 Å². The van der Waals surface area contributed by atoms with Crippen LogP contribution in [-0.2, 0) is 32.0 Å². The van der Waals surface area contributed by atoms with Crippen LogP contribution in [0.3, 0.4) is 0 Å². The minimum atomic E-state index is -0.0986. The number of para-hydroxylation sites is 3. The number of amides is 1. The van der Waals surface area contributed by atoms with E-state index in [9.17, 15) is 4.79 Å². The molecule has 7 nitrogen and oxygen atoms in total. The maximum absolute atomic E-state index is 13.2. The van der Waals surface area contributed by atoms with Gasteiger partial charge in [0.25, 0.3) is 5.91 Å². The lowest BCUT2D eigenvalue weighted by Gasteiger charge is -2.23. The van der Waals surface area contributed by atoms with Gasteiger partial charge in [0.1, 0.15) is 11.6 Å². The number of nitrogens with zero attached hydrogens (tertiary/aromatic N) is 5. The molecule has 2 aromatic carbocycles. The topological polar surface area (TPSA) is 65.2 Å². The van der Waals surface area contributed by atoms with Gasteiger partial charge in [0, 0.05) is 31.9 Å². The Balaban J connectivity index is 1.61. The summed E-state index contributed by atoms with van der Waals surface area (Å²) in [7, 11) is 3.90. The zero-order chi connectivity index (χ0) is 22.0. The van der Waals surface area contributed by atoms with Crippen LogP contribution >= 0.6 is 0 Å². The molecule has 0 aliphatic heterocycles. The van der Waals surface area contributed by atoms with E-state index in [1.54, 1.807) is 4.90 Å². The number of carbonyl (C=O) groups is 1. The second-order valence-corrected chi connectivity index (χ2v) is 7.70. The van der Waals surface area contributed by atoms with Crippen LogP contribution in [0.15, 0.2) is 54.6 Å². The van der Waals surface area contributed by atoms with Crippen LogP contribution in [0.1, 0.15) is 22.8 Å². The molecule has 0 atom stereocenters. The second kappa shape index (κ2) is 8.63. The van der Waals surface area contributed by atoms with Gasteiger partial charge in [-0.05, 0) is 38.1 Å². The molecule has 2 aromatic heterocycles. The molecular formula is C24H27N5O2. The van der Waals surface area contributed by atoms with Crippen LogP contribution in [0.25, 0.3) is 11.0 Å². The van der Waals surface area contributed by atoms with Crippen molar-refractivity contribution in [3.8, 4) is 5.75 Å². The van der Waals surface area contributed by atoms with Crippen molar-refractivity contribution >= 4 is 16.9 Å². The van der Waals surface area contributed by atoms with Crippen molar-refractivity contribution in [1.29, 1.82) is 0 Å². The molecule has 1 amide bonds. The maximum Gasteiger partial charge on any atom is 0.261 e. The summed E-state index contributed by atoms with van der Waals surface area (Å²) in [4.78, 5) is 19.8. The Morgan fingerprint density at radius 2 is 1.71 bits per heavy atom. The number of imidazole rings is 1. The van der Waals surface area contributed by atoms with E-state index in [4.69, 9.17) is 9.72 Å². The second-order valence-electron chi connectivity index (χ2n) is 7.70. The Morgan fingerprint density at radius 1 is 1.00 bits per heavy atom. The molecule has 0 spiro atoms. The smallest absolute Gasteiger partial charge is 0.261 e. The van der Waals surface area contributed by atoms with E-state index in [2.05, 4.69) is 5.10 Å². The number of aryl methyl sites for hydroxylation is 3. The molecule has 0 fully saturated rings. The lowest BCUT2D eigenvalue weighted by molar-refractivity contribution is -0.134. The van der Waals surface area contributed by atoms with Gasteiger partial charge in [-0.3, -0.25) is 9.48 Å². The number of fused-ring (bicyclic) bond motifs is 1. The molecule has 7 heteroatoms. The van der Waals surface area contributed by atoms with Crippen molar-refractivity contribution in [3.05, 3.63) is 77.4 Å². The van der Waals surface area contributed by atoms with Crippen LogP contribution in [0.2, 0.25) is 0 Å². The Kier molecular flexibility index (Phi) is 5.75. The van der Waals surface area contributed by atoms with E-state index in [1.165, 1.54) is 0 Å². The number of rotatable bonds is 7. The summed E-state index contributed by atoms with van der Waals surface area (Å²) in [5.41, 5.74) is 4.98. The molecule has 0 unspecified atom stereocenters. The summed E-state index contributed by atoms with van der Waals surface area (Å²) in [6.07, 6.45) is 0. The van der Waals surface area contributed by atoms with Crippen molar-refractivity contribution in [2.45, 2.75) is 26.9 Å². The fraction of sp³-hybridized carbons (Fsp3) is 0.292. The molecule has 160 valence electrons. The maximum atomic E-state index is 13.2. The fourth-order valence-electron chi connectivity index (χ4n) is 3.73. The Labute approximate surface area is 181 Å². The first kappa shape index (κ1) is 20.7. The van der Waals surface area contributed by atoms with Gasteiger partial charge in [-0.25, -0.2) is 4.98 Å². The van der Waals surface area contributed by atoms with Crippen molar-refractivity contribution in [2.24, 2.45) is 14.1 Å². The van der Waals surface area contributed by atoms with Crippen LogP contribution < -0.4 is 4.74 Å². The normalized spacial score (nSPS) is 11.1. The van der Waals surface area contributed by atoms with E-state index in [0.29, 0.717) is 18.8 Å². The van der Waals surface area contributed by atoms with Crippen LogP contribution in [0.5, 0.6) is 5.75 Å². The summed E-state index contributed by atoms with van der Waals surface area (Å²) in [5.74, 6) is 1.40. The molecule has 4 aromatic rings. The van der Waals surface area contributed by atoms with E-state index in [1.807, 2.05) is 91.8 Å². The molecule has 0 saturated heterocycles. The van der Waals surface area contributed by atoms with Gasteiger partial charge in [-0.15, -0.1) is 0 Å². The highest BCUT2D eigenvalue weighted by atomic mass is 16.5. The van der Waals surface area contributed by atoms with Gasteiger partial charge in [0.05, 0.1) is 23.3 Å². The third kappa shape index (κ3) is 4.30. The van der Waals surface area contributed by atoms with Gasteiger partial charge in [0.2, 0.25) is 0 Å². The number of ether oxygens (including phenoxy) is 1. The summed E-state index contributed by atoms with van der Waals surface area (Å²) in [6, 6.07) is 17.4. The summed E-state index contributed by atoms with van der Waals surface area (Å²) >= 11 is 0. The molecule has 31 heavy (non-hydrogen) atoms. The van der Waals surface area contributed by atoms with Gasteiger partial charge < -0.3 is 14.2 Å². The van der Waals surface area contributed by atoms with Crippen molar-refractivity contribution in [1.82, 2.24) is 24.2 Å². The number of hydrogen-bond donors (Lipinski definition) is 0. The Hall–Kier alpha value is -3.61. The molecular weight excluding hydrogens is 390 g/mol. The molecule has 2 heterocycles. The minimum Gasteiger partial charge on any atom is -0.484 e. The third-order valence-electron chi connectivity index (χ3n) is 5.68. The predicted octanol–water partition coefficient (Wildman–Crippen LogP) is 3.53. The predicted molar refractivity (Wildman–Crippen MR) is 120 cm³/mol. The number of carbonyl (C=O) groups excluding carboxylic acids is 1. The van der Waals surface area contributed by atoms with Gasteiger partial charge in [0.15, 0.2) is 6.61 Å². The van der Waals surface area contributed by atoms with Crippen molar-refractivity contribution in [3.63, 3.8) is 0 Å². The molecule has 0 N–H and O–H groups in total.